The second-order valence-corrected chi connectivity index (χ2v) is 5.20. The number of nitrogens with one attached hydrogen (secondary N) is 1. The zero-order valence-corrected chi connectivity index (χ0v) is 12.6. The third-order valence-corrected chi connectivity index (χ3v) is 3.54. The molecule has 1 N–H and O–H groups in total. The number of nitro benzene ring substituents is 2. The van der Waals surface area contributed by atoms with Crippen molar-refractivity contribution in [3.05, 3.63) is 69.1 Å². The Morgan fingerprint density at radius 2 is 2.08 bits per heavy atom. The Bertz CT molecular complexity index is 905. The van der Waals surface area contributed by atoms with Gasteiger partial charge in [-0.05, 0) is 12.6 Å². The Hall–Kier alpha value is -3.76. The summed E-state index contributed by atoms with van der Waals surface area (Å²) in [6, 6.07) is 2.69. The molecule has 3 rings (SSSR count). The number of aromatic nitrogens is 2. The van der Waals surface area contributed by atoms with Crippen LogP contribution in [0.15, 0.2) is 43.2 Å². The number of rotatable bonds is 5. The molecule has 11 heteroatoms. The van der Waals surface area contributed by atoms with Crippen molar-refractivity contribution in [2.75, 3.05) is 0 Å². The minimum atomic E-state index is -0.708. The standard InChI is InChI=1S/C14H11N5O6/c1-8-16-11(14(20)25-8)4-9-6-17(7-15-9)12-3-2-10(18(21)22)5-13(12)19(23)24/h2-3,5-7,11,16H,1,4H2/t11-/m0/s1. The maximum absolute atomic E-state index is 11.6. The first-order chi connectivity index (χ1) is 11.8. The van der Waals surface area contributed by atoms with Gasteiger partial charge in [-0.3, -0.25) is 24.8 Å². The molecule has 0 unspecified atom stereocenters. The van der Waals surface area contributed by atoms with E-state index in [1.54, 1.807) is 0 Å². The number of cyclic esters (lactones) is 1. The van der Waals surface area contributed by atoms with Crippen molar-refractivity contribution in [1.82, 2.24) is 14.9 Å². The summed E-state index contributed by atoms with van der Waals surface area (Å²) in [5.41, 5.74) is -0.199. The van der Waals surface area contributed by atoms with Crippen LogP contribution in [0.1, 0.15) is 5.69 Å². The average Bonchev–Trinajstić information content (AvgIpc) is 3.13. The summed E-state index contributed by atoms with van der Waals surface area (Å²) >= 11 is 0. The lowest BCUT2D eigenvalue weighted by atomic mass is 10.2. The lowest BCUT2D eigenvalue weighted by molar-refractivity contribution is -0.394. The van der Waals surface area contributed by atoms with E-state index in [0.717, 1.165) is 6.07 Å². The van der Waals surface area contributed by atoms with Crippen molar-refractivity contribution in [2.45, 2.75) is 12.5 Å². The first-order valence-electron chi connectivity index (χ1n) is 6.98. The number of hydrogen-bond acceptors (Lipinski definition) is 8. The third kappa shape index (κ3) is 3.15. The highest BCUT2D eigenvalue weighted by Crippen LogP contribution is 2.28. The molecule has 1 aromatic heterocycles. The van der Waals surface area contributed by atoms with Crippen LogP contribution in [-0.2, 0) is 16.0 Å². The molecule has 2 aromatic rings. The Morgan fingerprint density at radius 3 is 2.68 bits per heavy atom. The van der Waals surface area contributed by atoms with Crippen LogP contribution in [0.2, 0.25) is 0 Å². The number of nitro groups is 2. The fourth-order valence-electron chi connectivity index (χ4n) is 2.41. The number of nitrogens with zero attached hydrogens (tertiary/aromatic N) is 4. The summed E-state index contributed by atoms with van der Waals surface area (Å²) in [5.74, 6) is -0.332. The molecule has 0 spiro atoms. The van der Waals surface area contributed by atoms with Crippen molar-refractivity contribution >= 4 is 17.3 Å². The van der Waals surface area contributed by atoms with Gasteiger partial charge >= 0.3 is 5.97 Å². The molecule has 1 atom stereocenters. The lowest BCUT2D eigenvalue weighted by Gasteiger charge is -2.04. The van der Waals surface area contributed by atoms with Crippen molar-refractivity contribution < 1.29 is 19.4 Å². The van der Waals surface area contributed by atoms with Gasteiger partial charge in [0.15, 0.2) is 5.88 Å². The number of ether oxygens (including phenoxy) is 1. The number of imidazole rings is 1. The topological polar surface area (TPSA) is 142 Å². The zero-order valence-electron chi connectivity index (χ0n) is 12.6. The van der Waals surface area contributed by atoms with Crippen LogP contribution in [0, 0.1) is 20.2 Å². The fraction of sp³-hybridized carbons (Fsp3) is 0.143. The average molecular weight is 345 g/mol. The van der Waals surface area contributed by atoms with Gasteiger partial charge in [-0.1, -0.05) is 0 Å². The van der Waals surface area contributed by atoms with Crippen LogP contribution in [0.25, 0.3) is 5.69 Å². The monoisotopic (exact) mass is 345 g/mol. The number of non-ortho nitro benzene ring substituents is 1. The molecule has 2 heterocycles. The van der Waals surface area contributed by atoms with Crippen LogP contribution < -0.4 is 5.32 Å². The molecule has 0 radical (unpaired) electrons. The largest absolute Gasteiger partial charge is 0.409 e. The Morgan fingerprint density at radius 1 is 1.32 bits per heavy atom. The highest BCUT2D eigenvalue weighted by Gasteiger charge is 2.29. The molecule has 0 aliphatic carbocycles. The maximum atomic E-state index is 11.6. The summed E-state index contributed by atoms with van der Waals surface area (Å²) in [6.45, 7) is 3.49. The summed E-state index contributed by atoms with van der Waals surface area (Å²) in [6.07, 6.45) is 3.04. The molecule has 0 amide bonds. The zero-order chi connectivity index (χ0) is 18.1. The second-order valence-electron chi connectivity index (χ2n) is 5.20. The predicted molar refractivity (Wildman–Crippen MR) is 82.7 cm³/mol. The van der Waals surface area contributed by atoms with E-state index in [9.17, 15) is 25.0 Å². The molecular formula is C14H11N5O6. The van der Waals surface area contributed by atoms with Gasteiger partial charge in [0.25, 0.3) is 11.4 Å². The molecule has 128 valence electrons. The second kappa shape index (κ2) is 6.03. The summed E-state index contributed by atoms with van der Waals surface area (Å²) < 4.78 is 6.16. The van der Waals surface area contributed by atoms with Gasteiger partial charge in [-0.2, -0.15) is 0 Å². The molecule has 1 fully saturated rings. The first-order valence-corrected chi connectivity index (χ1v) is 6.98. The highest BCUT2D eigenvalue weighted by atomic mass is 16.6. The summed E-state index contributed by atoms with van der Waals surface area (Å²) in [5, 5.41) is 24.7. The molecule has 11 nitrogen and oxygen atoms in total. The van der Waals surface area contributed by atoms with E-state index >= 15 is 0 Å². The molecule has 0 bridgehead atoms. The maximum Gasteiger partial charge on any atom is 0.335 e. The van der Waals surface area contributed by atoms with Crippen LogP contribution in [-0.4, -0.2) is 31.4 Å². The van der Waals surface area contributed by atoms with Gasteiger partial charge in [-0.25, -0.2) is 9.78 Å². The predicted octanol–water partition coefficient (Wildman–Crippen LogP) is 1.22. The normalized spacial score (nSPS) is 16.4. The van der Waals surface area contributed by atoms with E-state index in [0.29, 0.717) is 5.69 Å². The summed E-state index contributed by atoms with van der Waals surface area (Å²) in [7, 11) is 0. The number of benzene rings is 1. The number of carbonyl (C=O) groups excluding carboxylic acids is 1. The van der Waals surface area contributed by atoms with Crippen molar-refractivity contribution in [2.24, 2.45) is 0 Å². The molecule has 1 saturated heterocycles. The molecule has 1 aromatic carbocycles. The van der Waals surface area contributed by atoms with Crippen LogP contribution in [0.4, 0.5) is 11.4 Å². The molecule has 1 aliphatic rings. The summed E-state index contributed by atoms with van der Waals surface area (Å²) in [4.78, 5) is 36.3. The van der Waals surface area contributed by atoms with E-state index in [1.165, 1.54) is 29.2 Å². The van der Waals surface area contributed by atoms with E-state index < -0.39 is 27.5 Å². The molecule has 1 aliphatic heterocycles. The van der Waals surface area contributed by atoms with Gasteiger partial charge in [0, 0.05) is 18.7 Å². The molecule has 25 heavy (non-hydrogen) atoms. The van der Waals surface area contributed by atoms with Crippen LogP contribution in [0.3, 0.4) is 0 Å². The first kappa shape index (κ1) is 16.1. The van der Waals surface area contributed by atoms with E-state index in [4.69, 9.17) is 4.74 Å². The quantitative estimate of drug-likeness (QED) is 0.484. The van der Waals surface area contributed by atoms with Gasteiger partial charge in [-0.15, -0.1) is 0 Å². The minimum Gasteiger partial charge on any atom is -0.409 e. The molecule has 0 saturated carbocycles. The van der Waals surface area contributed by atoms with Gasteiger partial charge in [0.2, 0.25) is 0 Å². The Labute approximate surface area is 139 Å². The van der Waals surface area contributed by atoms with Gasteiger partial charge in [0.1, 0.15) is 11.7 Å². The van der Waals surface area contributed by atoms with Gasteiger partial charge in [0.05, 0.1) is 27.9 Å². The van der Waals surface area contributed by atoms with Crippen LogP contribution in [0.5, 0.6) is 0 Å². The SMILES string of the molecule is C=C1N[C@@H](Cc2cn(-c3ccc([N+](=O)[O-])cc3[N+](=O)[O-])cn2)C(=O)O1. The Kier molecular flexibility index (Phi) is 3.89. The van der Waals surface area contributed by atoms with Crippen molar-refractivity contribution in [3.63, 3.8) is 0 Å². The van der Waals surface area contributed by atoms with Crippen molar-refractivity contribution in [3.8, 4) is 5.69 Å². The number of carbonyl (C=O) groups is 1. The van der Waals surface area contributed by atoms with Crippen molar-refractivity contribution in [1.29, 1.82) is 0 Å². The minimum absolute atomic E-state index is 0.126. The number of hydrogen-bond donors (Lipinski definition) is 1. The smallest absolute Gasteiger partial charge is 0.335 e. The fourth-order valence-corrected chi connectivity index (χ4v) is 2.41. The lowest BCUT2D eigenvalue weighted by Crippen LogP contribution is -2.28. The van der Waals surface area contributed by atoms with E-state index in [-0.39, 0.29) is 23.7 Å². The number of esters is 1. The molecular weight excluding hydrogens is 334 g/mol. The van der Waals surface area contributed by atoms with E-state index in [2.05, 4.69) is 16.9 Å². The third-order valence-electron chi connectivity index (χ3n) is 3.54. The Balaban J connectivity index is 1.89. The van der Waals surface area contributed by atoms with Crippen LogP contribution >= 0.6 is 0 Å². The highest BCUT2D eigenvalue weighted by molar-refractivity contribution is 5.79. The van der Waals surface area contributed by atoms with Gasteiger partial charge < -0.3 is 10.1 Å². The van der Waals surface area contributed by atoms with E-state index in [1.807, 2.05) is 0 Å².